The molecule has 2 rings (SSSR count). The monoisotopic (exact) mass is 357 g/mol. The van der Waals surface area contributed by atoms with E-state index in [2.05, 4.69) is 0 Å². The highest BCUT2D eigenvalue weighted by Gasteiger charge is 2.21. The molecule has 0 spiro atoms. The van der Waals surface area contributed by atoms with Gasteiger partial charge in [0.2, 0.25) is 5.91 Å². The van der Waals surface area contributed by atoms with Gasteiger partial charge in [-0.25, -0.2) is 0 Å². The Labute approximate surface area is 142 Å². The summed E-state index contributed by atoms with van der Waals surface area (Å²) >= 11 is 0. The molecule has 1 amide bonds. The van der Waals surface area contributed by atoms with E-state index in [0.717, 1.165) is 31.3 Å². The predicted molar refractivity (Wildman–Crippen MR) is 88.5 cm³/mol. The number of amides is 1. The molecular formula is C16H23NO6S. The molecule has 134 valence electrons. The summed E-state index contributed by atoms with van der Waals surface area (Å²) in [4.78, 5) is 13.6. The van der Waals surface area contributed by atoms with Gasteiger partial charge < -0.3 is 18.6 Å². The number of nitrogens with zero attached hydrogens (tertiary/aromatic N) is 1. The minimum Gasteiger partial charge on any atom is -0.493 e. The summed E-state index contributed by atoms with van der Waals surface area (Å²) in [6.07, 6.45) is 2.97. The van der Waals surface area contributed by atoms with Crippen LogP contribution in [0.15, 0.2) is 18.2 Å². The Morgan fingerprint density at radius 1 is 1.38 bits per heavy atom. The second-order valence-electron chi connectivity index (χ2n) is 5.81. The van der Waals surface area contributed by atoms with Gasteiger partial charge >= 0.3 is 10.1 Å². The van der Waals surface area contributed by atoms with E-state index in [4.69, 9.17) is 13.7 Å². The smallest absolute Gasteiger partial charge is 0.306 e. The van der Waals surface area contributed by atoms with Gasteiger partial charge in [-0.1, -0.05) is 6.07 Å². The van der Waals surface area contributed by atoms with Crippen molar-refractivity contribution in [3.63, 3.8) is 0 Å². The summed E-state index contributed by atoms with van der Waals surface area (Å²) in [7, 11) is -2.24. The number of hydrogen-bond donors (Lipinski definition) is 0. The average molecular weight is 357 g/mol. The van der Waals surface area contributed by atoms with Crippen LogP contribution in [0, 0.1) is 0 Å². The number of benzene rings is 1. The highest BCUT2D eigenvalue weighted by Crippen LogP contribution is 2.29. The molecule has 8 heteroatoms. The third-order valence-corrected chi connectivity index (χ3v) is 4.22. The molecule has 1 aromatic carbocycles. The SMILES string of the molecule is COc1ccc(CN(C[C@H]2CCCO2)C(C)=O)cc1OS(C)(=O)=O. The number of methoxy groups -OCH3 is 1. The zero-order valence-corrected chi connectivity index (χ0v) is 15.0. The Bertz CT molecular complexity index is 682. The fourth-order valence-electron chi connectivity index (χ4n) is 2.61. The minimum absolute atomic E-state index is 0.0545. The van der Waals surface area contributed by atoms with Crippen LogP contribution < -0.4 is 8.92 Å². The lowest BCUT2D eigenvalue weighted by molar-refractivity contribution is -0.131. The summed E-state index contributed by atoms with van der Waals surface area (Å²) in [5.41, 5.74) is 0.752. The Morgan fingerprint density at radius 3 is 2.67 bits per heavy atom. The lowest BCUT2D eigenvalue weighted by atomic mass is 10.1. The van der Waals surface area contributed by atoms with Crippen LogP contribution >= 0.6 is 0 Å². The van der Waals surface area contributed by atoms with Crippen molar-refractivity contribution in [3.8, 4) is 11.5 Å². The Hall–Kier alpha value is -1.80. The molecule has 1 aliphatic heterocycles. The van der Waals surface area contributed by atoms with Crippen LogP contribution in [-0.2, 0) is 26.2 Å². The number of ether oxygens (including phenoxy) is 2. The van der Waals surface area contributed by atoms with Crippen molar-refractivity contribution >= 4 is 16.0 Å². The van der Waals surface area contributed by atoms with Gasteiger partial charge in [0.15, 0.2) is 11.5 Å². The quantitative estimate of drug-likeness (QED) is 0.689. The van der Waals surface area contributed by atoms with Crippen LogP contribution in [0.4, 0.5) is 0 Å². The molecule has 1 fully saturated rings. The van der Waals surface area contributed by atoms with Gasteiger partial charge in [-0.3, -0.25) is 4.79 Å². The lowest BCUT2D eigenvalue weighted by Crippen LogP contribution is -2.35. The Morgan fingerprint density at radius 2 is 2.12 bits per heavy atom. The van der Waals surface area contributed by atoms with E-state index in [-0.39, 0.29) is 17.8 Å². The van der Waals surface area contributed by atoms with E-state index in [1.807, 2.05) is 0 Å². The molecule has 0 aliphatic carbocycles. The molecule has 24 heavy (non-hydrogen) atoms. The number of hydrogen-bond acceptors (Lipinski definition) is 6. The molecule has 1 heterocycles. The fourth-order valence-corrected chi connectivity index (χ4v) is 3.06. The molecule has 0 unspecified atom stereocenters. The minimum atomic E-state index is -3.67. The van der Waals surface area contributed by atoms with E-state index in [0.29, 0.717) is 18.8 Å². The van der Waals surface area contributed by atoms with Gasteiger partial charge in [0.25, 0.3) is 0 Å². The van der Waals surface area contributed by atoms with Gasteiger partial charge in [-0.2, -0.15) is 8.42 Å². The van der Waals surface area contributed by atoms with Gasteiger partial charge in [0, 0.05) is 26.6 Å². The Kier molecular flexibility index (Phi) is 6.06. The van der Waals surface area contributed by atoms with Crippen LogP contribution in [0.5, 0.6) is 11.5 Å². The summed E-state index contributed by atoms with van der Waals surface area (Å²) in [5.74, 6) is 0.364. The van der Waals surface area contributed by atoms with Gasteiger partial charge in [0.05, 0.1) is 19.5 Å². The van der Waals surface area contributed by atoms with Crippen molar-refractivity contribution in [1.29, 1.82) is 0 Å². The topological polar surface area (TPSA) is 82.1 Å². The molecule has 0 radical (unpaired) electrons. The first-order chi connectivity index (χ1) is 11.3. The van der Waals surface area contributed by atoms with Crippen LogP contribution in [-0.4, -0.2) is 51.8 Å². The maximum Gasteiger partial charge on any atom is 0.306 e. The van der Waals surface area contributed by atoms with Gasteiger partial charge in [-0.15, -0.1) is 0 Å². The molecule has 1 atom stereocenters. The molecular weight excluding hydrogens is 334 g/mol. The third kappa shape index (κ3) is 5.38. The molecule has 1 saturated heterocycles. The largest absolute Gasteiger partial charge is 0.493 e. The Balaban J connectivity index is 2.16. The first kappa shape index (κ1) is 18.5. The van der Waals surface area contributed by atoms with E-state index < -0.39 is 10.1 Å². The zero-order chi connectivity index (χ0) is 17.7. The molecule has 7 nitrogen and oxygen atoms in total. The van der Waals surface area contributed by atoms with Crippen LogP contribution in [0.1, 0.15) is 25.3 Å². The summed E-state index contributed by atoms with van der Waals surface area (Å²) in [5, 5.41) is 0. The van der Waals surface area contributed by atoms with Gasteiger partial charge in [0.1, 0.15) is 0 Å². The summed E-state index contributed by atoms with van der Waals surface area (Å²) in [6.45, 7) is 3.10. The zero-order valence-electron chi connectivity index (χ0n) is 14.1. The second kappa shape index (κ2) is 7.85. The van der Waals surface area contributed by atoms with Crippen LogP contribution in [0.25, 0.3) is 0 Å². The van der Waals surface area contributed by atoms with Crippen molar-refractivity contribution in [2.24, 2.45) is 0 Å². The van der Waals surface area contributed by atoms with Crippen molar-refractivity contribution in [1.82, 2.24) is 4.90 Å². The maximum atomic E-state index is 11.9. The van der Waals surface area contributed by atoms with E-state index in [1.54, 1.807) is 23.1 Å². The van der Waals surface area contributed by atoms with E-state index >= 15 is 0 Å². The van der Waals surface area contributed by atoms with E-state index in [1.165, 1.54) is 14.0 Å². The average Bonchev–Trinajstić information content (AvgIpc) is 2.98. The maximum absolute atomic E-state index is 11.9. The highest BCUT2D eigenvalue weighted by atomic mass is 32.2. The third-order valence-electron chi connectivity index (χ3n) is 3.74. The molecule has 0 saturated carbocycles. The summed E-state index contributed by atoms with van der Waals surface area (Å²) in [6, 6.07) is 4.98. The van der Waals surface area contributed by atoms with E-state index in [9.17, 15) is 13.2 Å². The number of rotatable bonds is 7. The molecule has 0 aromatic heterocycles. The first-order valence-corrected chi connectivity index (χ1v) is 9.53. The normalized spacial score (nSPS) is 17.5. The summed E-state index contributed by atoms with van der Waals surface area (Å²) < 4.78 is 38.4. The van der Waals surface area contributed by atoms with Crippen molar-refractivity contribution < 1.29 is 26.9 Å². The predicted octanol–water partition coefficient (Wildman–Crippen LogP) is 1.56. The molecule has 0 N–H and O–H groups in total. The van der Waals surface area contributed by atoms with Crippen LogP contribution in [0.2, 0.25) is 0 Å². The van der Waals surface area contributed by atoms with Crippen molar-refractivity contribution in [3.05, 3.63) is 23.8 Å². The number of carbonyl (C=O) groups excluding carboxylic acids is 1. The fraction of sp³-hybridized carbons (Fsp3) is 0.562. The molecule has 0 bridgehead atoms. The van der Waals surface area contributed by atoms with Crippen molar-refractivity contribution in [2.45, 2.75) is 32.4 Å². The number of carbonyl (C=O) groups is 1. The lowest BCUT2D eigenvalue weighted by Gasteiger charge is -2.24. The molecule has 1 aliphatic rings. The standard InChI is InChI=1S/C16H23NO6S/c1-12(18)17(11-14-5-4-8-22-14)10-13-6-7-15(21-2)16(9-13)23-24(3,19)20/h6-7,9,14H,4-5,8,10-11H2,1-3H3/t14-/m1/s1. The van der Waals surface area contributed by atoms with Crippen LogP contribution in [0.3, 0.4) is 0 Å². The van der Waals surface area contributed by atoms with Gasteiger partial charge in [-0.05, 0) is 30.5 Å². The second-order valence-corrected chi connectivity index (χ2v) is 7.38. The van der Waals surface area contributed by atoms with Crippen molar-refractivity contribution in [2.75, 3.05) is 26.5 Å². The highest BCUT2D eigenvalue weighted by molar-refractivity contribution is 7.86. The molecule has 1 aromatic rings. The first-order valence-electron chi connectivity index (χ1n) is 7.72.